The molecule has 0 fully saturated rings. The summed E-state index contributed by atoms with van der Waals surface area (Å²) in [5.41, 5.74) is 8.45. The van der Waals surface area contributed by atoms with Gasteiger partial charge in [0.1, 0.15) is 0 Å². The molecular formula is C17H17N5OS. The van der Waals surface area contributed by atoms with Gasteiger partial charge in [-0.25, -0.2) is 4.99 Å². The molecule has 1 aliphatic heterocycles. The lowest BCUT2D eigenvalue weighted by molar-refractivity contribution is -0.128. The van der Waals surface area contributed by atoms with Crippen molar-refractivity contribution in [3.63, 3.8) is 0 Å². The number of nitrogens with zero attached hydrogens (tertiary/aromatic N) is 3. The minimum Gasteiger partial charge on any atom is -0.369 e. The van der Waals surface area contributed by atoms with Crippen molar-refractivity contribution in [1.82, 2.24) is 15.1 Å². The summed E-state index contributed by atoms with van der Waals surface area (Å²) >= 11 is 1.69. The number of aromatic nitrogens is 2. The lowest BCUT2D eigenvalue weighted by atomic mass is 9.86. The van der Waals surface area contributed by atoms with E-state index in [1.54, 1.807) is 18.4 Å². The van der Waals surface area contributed by atoms with Crippen LogP contribution in [0, 0.1) is 0 Å². The number of fused-ring (bicyclic) bond motifs is 1. The fourth-order valence-electron chi connectivity index (χ4n) is 3.06. The number of rotatable bonds is 2. The third-order valence-electron chi connectivity index (χ3n) is 4.58. The van der Waals surface area contributed by atoms with Crippen LogP contribution in [-0.4, -0.2) is 34.0 Å². The Balaban J connectivity index is 1.86. The summed E-state index contributed by atoms with van der Waals surface area (Å²) in [5.74, 6) is 0.236. The van der Waals surface area contributed by atoms with Gasteiger partial charge in [-0.15, -0.1) is 11.3 Å². The number of hydrogen-bond acceptors (Lipinski definition) is 5. The number of carbonyl (C=O) groups is 1. The van der Waals surface area contributed by atoms with E-state index >= 15 is 0 Å². The Bertz CT molecular complexity index is 959. The molecule has 7 heteroatoms. The predicted octanol–water partition coefficient (Wildman–Crippen LogP) is 2.68. The van der Waals surface area contributed by atoms with Crippen LogP contribution in [0.3, 0.4) is 0 Å². The van der Waals surface area contributed by atoms with Crippen molar-refractivity contribution < 1.29 is 4.79 Å². The molecule has 0 bridgehead atoms. The zero-order valence-electron chi connectivity index (χ0n) is 13.4. The Hall–Kier alpha value is -2.67. The fraction of sp³-hybridized carbons (Fsp3) is 0.235. The van der Waals surface area contributed by atoms with Gasteiger partial charge in [-0.1, -0.05) is 6.07 Å². The van der Waals surface area contributed by atoms with E-state index in [2.05, 4.69) is 32.7 Å². The summed E-state index contributed by atoms with van der Waals surface area (Å²) in [7, 11) is 1.65. The van der Waals surface area contributed by atoms with Crippen molar-refractivity contribution >= 4 is 33.3 Å². The van der Waals surface area contributed by atoms with Gasteiger partial charge in [-0.05, 0) is 30.0 Å². The number of H-pyrrole nitrogens is 1. The first kappa shape index (κ1) is 14.9. The highest BCUT2D eigenvalue weighted by Gasteiger charge is 2.36. The average Bonchev–Trinajstić information content (AvgIpc) is 3.20. The van der Waals surface area contributed by atoms with Crippen LogP contribution in [0.5, 0.6) is 0 Å². The fourth-order valence-corrected chi connectivity index (χ4v) is 4.01. The maximum Gasteiger partial charge on any atom is 0.231 e. The zero-order valence-corrected chi connectivity index (χ0v) is 14.2. The molecule has 0 radical (unpaired) electrons. The molecule has 24 heavy (non-hydrogen) atoms. The predicted molar refractivity (Wildman–Crippen MR) is 95.8 cm³/mol. The van der Waals surface area contributed by atoms with E-state index in [-0.39, 0.29) is 11.9 Å². The minimum absolute atomic E-state index is 0.0227. The molecule has 2 aromatic heterocycles. The Morgan fingerprint density at radius 3 is 2.96 bits per heavy atom. The van der Waals surface area contributed by atoms with Gasteiger partial charge >= 0.3 is 0 Å². The van der Waals surface area contributed by atoms with E-state index in [1.807, 2.05) is 25.4 Å². The van der Waals surface area contributed by atoms with Crippen LogP contribution >= 0.6 is 11.3 Å². The molecular weight excluding hydrogens is 322 g/mol. The van der Waals surface area contributed by atoms with Gasteiger partial charge in [-0.3, -0.25) is 14.8 Å². The van der Waals surface area contributed by atoms with E-state index in [0.717, 1.165) is 22.1 Å². The first-order chi connectivity index (χ1) is 11.5. The Labute approximate surface area is 143 Å². The number of carbonyl (C=O) groups excluding carboxylic acids is 1. The number of guanidine groups is 1. The summed E-state index contributed by atoms with van der Waals surface area (Å²) in [6.45, 7) is 1.95. The van der Waals surface area contributed by atoms with Crippen molar-refractivity contribution in [2.24, 2.45) is 10.7 Å². The molecule has 1 aromatic carbocycles. The van der Waals surface area contributed by atoms with Gasteiger partial charge in [0, 0.05) is 34.5 Å². The van der Waals surface area contributed by atoms with Gasteiger partial charge in [0.2, 0.25) is 5.91 Å². The highest BCUT2D eigenvalue weighted by Crippen LogP contribution is 2.39. The van der Waals surface area contributed by atoms with Crippen LogP contribution in [0.15, 0.2) is 41.0 Å². The van der Waals surface area contributed by atoms with Crippen LogP contribution in [0.4, 0.5) is 0 Å². The zero-order chi connectivity index (χ0) is 16.9. The number of hydrogen-bond donors (Lipinski definition) is 2. The van der Waals surface area contributed by atoms with E-state index in [1.165, 1.54) is 9.60 Å². The molecule has 0 unspecified atom stereocenters. The van der Waals surface area contributed by atoms with Gasteiger partial charge < -0.3 is 5.73 Å². The normalized spacial score (nSPS) is 21.3. The van der Waals surface area contributed by atoms with Crippen molar-refractivity contribution in [1.29, 1.82) is 0 Å². The van der Waals surface area contributed by atoms with Crippen molar-refractivity contribution in [3.05, 3.63) is 41.5 Å². The molecule has 0 saturated carbocycles. The molecule has 0 aliphatic carbocycles. The molecule has 122 valence electrons. The molecule has 4 rings (SSSR count). The quantitative estimate of drug-likeness (QED) is 0.752. The molecule has 1 aliphatic rings. The first-order valence-corrected chi connectivity index (χ1v) is 8.49. The second-order valence-electron chi connectivity index (χ2n) is 6.22. The van der Waals surface area contributed by atoms with Gasteiger partial charge in [0.15, 0.2) is 5.96 Å². The highest BCUT2D eigenvalue weighted by molar-refractivity contribution is 7.17. The molecule has 1 amide bonds. The summed E-state index contributed by atoms with van der Waals surface area (Å²) in [5, 5.41) is 10.1. The van der Waals surface area contributed by atoms with Crippen molar-refractivity contribution in [2.75, 3.05) is 7.05 Å². The van der Waals surface area contributed by atoms with Crippen LogP contribution in [0.25, 0.3) is 21.2 Å². The lowest BCUT2D eigenvalue weighted by Gasteiger charge is -2.33. The van der Waals surface area contributed by atoms with E-state index in [9.17, 15) is 4.79 Å². The second kappa shape index (κ2) is 5.17. The Kier molecular flexibility index (Phi) is 3.21. The van der Waals surface area contributed by atoms with Crippen LogP contribution in [-0.2, 0) is 10.3 Å². The SMILES string of the molecule is CN1C(=O)C[C@@](C)(c2ccc3scc(-c4cn[nH]c4)c3c2)N=C1N. The number of nitrogens with two attached hydrogens (primary N) is 1. The Morgan fingerprint density at radius 2 is 2.25 bits per heavy atom. The van der Waals surface area contributed by atoms with Gasteiger partial charge in [0.05, 0.1) is 18.2 Å². The number of benzene rings is 1. The maximum atomic E-state index is 12.2. The number of aliphatic imine (C=N–C) groups is 1. The third-order valence-corrected chi connectivity index (χ3v) is 5.54. The van der Waals surface area contributed by atoms with Crippen molar-refractivity contribution in [3.8, 4) is 11.1 Å². The number of aromatic amines is 1. The van der Waals surface area contributed by atoms with E-state index in [0.29, 0.717) is 6.42 Å². The van der Waals surface area contributed by atoms with Crippen LogP contribution in [0.1, 0.15) is 18.9 Å². The van der Waals surface area contributed by atoms with E-state index < -0.39 is 5.54 Å². The number of amides is 1. The first-order valence-electron chi connectivity index (χ1n) is 7.61. The minimum atomic E-state index is -0.641. The third kappa shape index (κ3) is 2.20. The summed E-state index contributed by atoms with van der Waals surface area (Å²) in [6.07, 6.45) is 4.00. The summed E-state index contributed by atoms with van der Waals surface area (Å²) in [4.78, 5) is 18.2. The second-order valence-corrected chi connectivity index (χ2v) is 7.13. The van der Waals surface area contributed by atoms with Crippen LogP contribution in [0.2, 0.25) is 0 Å². The smallest absolute Gasteiger partial charge is 0.231 e. The van der Waals surface area contributed by atoms with Crippen molar-refractivity contribution in [2.45, 2.75) is 18.9 Å². The average molecular weight is 339 g/mol. The molecule has 3 aromatic rings. The van der Waals surface area contributed by atoms with Gasteiger partial charge in [-0.2, -0.15) is 5.10 Å². The summed E-state index contributed by atoms with van der Waals surface area (Å²) < 4.78 is 1.19. The van der Waals surface area contributed by atoms with Gasteiger partial charge in [0.25, 0.3) is 0 Å². The summed E-state index contributed by atoms with van der Waals surface area (Å²) in [6, 6.07) is 6.23. The largest absolute Gasteiger partial charge is 0.369 e. The maximum absolute atomic E-state index is 12.2. The molecule has 3 heterocycles. The van der Waals surface area contributed by atoms with E-state index in [4.69, 9.17) is 5.73 Å². The standard InChI is InChI=1S/C17H17N5OS/c1-17(6-15(23)22(2)16(18)21-17)11-3-4-14-12(5-11)13(9-24-14)10-7-19-20-8-10/h3-5,7-9H,6H2,1-2H3,(H2,18,21)(H,19,20)/t17-/m0/s1. The Morgan fingerprint density at radius 1 is 1.42 bits per heavy atom. The molecule has 0 spiro atoms. The molecule has 3 N–H and O–H groups in total. The lowest BCUT2D eigenvalue weighted by Crippen LogP contribution is -2.47. The molecule has 1 atom stereocenters. The topological polar surface area (TPSA) is 87.4 Å². The monoisotopic (exact) mass is 339 g/mol. The van der Waals surface area contributed by atoms with Crippen LogP contribution < -0.4 is 5.73 Å². The number of nitrogens with one attached hydrogen (secondary N) is 1. The molecule has 0 saturated heterocycles. The number of thiophene rings is 1. The highest BCUT2D eigenvalue weighted by atomic mass is 32.1. The molecule has 6 nitrogen and oxygen atoms in total.